The van der Waals surface area contributed by atoms with Crippen LogP contribution in [-0.4, -0.2) is 45.1 Å². The smallest absolute Gasteiger partial charge is 0.316 e. The molecule has 9 heteroatoms. The van der Waals surface area contributed by atoms with Crippen LogP contribution in [0.4, 0.5) is 0 Å². The van der Waals surface area contributed by atoms with Crippen molar-refractivity contribution in [2.75, 3.05) is 13.2 Å². The summed E-state index contributed by atoms with van der Waals surface area (Å²) in [6.45, 7) is 3.00. The Labute approximate surface area is 160 Å². The minimum absolute atomic E-state index is 0.0486. The Kier molecular flexibility index (Phi) is 4.91. The summed E-state index contributed by atoms with van der Waals surface area (Å²) in [6.07, 6.45) is 3.76. The van der Waals surface area contributed by atoms with Crippen LogP contribution in [0.5, 0.6) is 0 Å². The number of para-hydroxylation sites is 1. The average Bonchev–Trinajstić information content (AvgIpc) is 3.41. The predicted molar refractivity (Wildman–Crippen MR) is 97.9 cm³/mol. The molecule has 3 heterocycles. The molecule has 1 amide bonds. The highest BCUT2D eigenvalue weighted by Crippen LogP contribution is 2.25. The Hall–Kier alpha value is -2.71. The first-order chi connectivity index (χ1) is 13.1. The Morgan fingerprint density at radius 2 is 2.26 bits per heavy atom. The molecule has 0 spiro atoms. The van der Waals surface area contributed by atoms with E-state index in [2.05, 4.69) is 20.6 Å². The number of amides is 1. The Morgan fingerprint density at radius 1 is 1.41 bits per heavy atom. The van der Waals surface area contributed by atoms with Crippen molar-refractivity contribution in [2.45, 2.75) is 25.9 Å². The molecule has 1 aromatic carbocycles. The van der Waals surface area contributed by atoms with Crippen molar-refractivity contribution in [3.63, 3.8) is 0 Å². The number of nitrogens with zero attached hydrogens (tertiary/aromatic N) is 4. The number of ether oxygens (including phenoxy) is 1. The molecule has 2 aromatic heterocycles. The molecule has 140 valence electrons. The topological polar surface area (TPSA) is 95.1 Å². The molecule has 0 radical (unpaired) electrons. The Morgan fingerprint density at radius 3 is 3.04 bits per heavy atom. The van der Waals surface area contributed by atoms with Crippen LogP contribution in [0.25, 0.3) is 17.1 Å². The normalized spacial score (nSPS) is 16.6. The van der Waals surface area contributed by atoms with Crippen molar-refractivity contribution in [3.8, 4) is 17.1 Å². The summed E-state index contributed by atoms with van der Waals surface area (Å²) in [5, 5.41) is 11.7. The van der Waals surface area contributed by atoms with Gasteiger partial charge in [0.05, 0.1) is 28.1 Å². The molecule has 1 aliphatic rings. The molecule has 0 aliphatic carbocycles. The third-order valence-electron chi connectivity index (χ3n) is 4.37. The molecule has 0 saturated carbocycles. The second kappa shape index (κ2) is 7.50. The van der Waals surface area contributed by atoms with E-state index in [1.807, 2.05) is 25.1 Å². The van der Waals surface area contributed by atoms with Crippen LogP contribution < -0.4 is 5.32 Å². The van der Waals surface area contributed by atoms with Gasteiger partial charge in [0.25, 0.3) is 0 Å². The van der Waals surface area contributed by atoms with E-state index in [0.29, 0.717) is 28.6 Å². The van der Waals surface area contributed by atoms with E-state index in [1.165, 1.54) is 0 Å². The maximum atomic E-state index is 12.2. The van der Waals surface area contributed by atoms with Gasteiger partial charge in [-0.2, -0.15) is 10.1 Å². The number of halogens is 1. The van der Waals surface area contributed by atoms with E-state index in [1.54, 1.807) is 16.9 Å². The predicted octanol–water partition coefficient (Wildman–Crippen LogP) is 2.79. The van der Waals surface area contributed by atoms with Crippen molar-refractivity contribution in [1.29, 1.82) is 0 Å². The number of hydrogen-bond donors (Lipinski definition) is 1. The van der Waals surface area contributed by atoms with Gasteiger partial charge in [-0.25, -0.2) is 4.68 Å². The van der Waals surface area contributed by atoms with Crippen molar-refractivity contribution in [2.24, 2.45) is 0 Å². The minimum atomic E-state index is -0.416. The first kappa shape index (κ1) is 17.7. The zero-order chi connectivity index (χ0) is 18.8. The number of aromatic nitrogens is 4. The van der Waals surface area contributed by atoms with Gasteiger partial charge in [0, 0.05) is 19.3 Å². The van der Waals surface area contributed by atoms with Crippen LogP contribution in [0.2, 0.25) is 5.02 Å². The van der Waals surface area contributed by atoms with Crippen LogP contribution >= 0.6 is 11.6 Å². The standard InChI is InChI=1S/C18H18ClN5O3/c1-11-13(10-24(22-11)15-7-3-2-6-14(15)19)16-21-18(27-23-16)17(25)20-9-12-5-4-8-26-12/h2-3,6-7,10,12H,4-5,8-9H2,1H3,(H,20,25). The SMILES string of the molecule is Cc1nn(-c2ccccc2Cl)cc1-c1noc(C(=O)NCC2CCCO2)n1. The third kappa shape index (κ3) is 3.72. The third-order valence-corrected chi connectivity index (χ3v) is 4.69. The first-order valence-electron chi connectivity index (χ1n) is 8.67. The van der Waals surface area contributed by atoms with E-state index < -0.39 is 5.91 Å². The summed E-state index contributed by atoms with van der Waals surface area (Å²) in [6, 6.07) is 7.38. The molecule has 4 rings (SSSR count). The van der Waals surface area contributed by atoms with Gasteiger partial charge in [0.1, 0.15) is 0 Å². The monoisotopic (exact) mass is 387 g/mol. The van der Waals surface area contributed by atoms with Gasteiger partial charge in [0.15, 0.2) is 0 Å². The van der Waals surface area contributed by atoms with E-state index in [4.69, 9.17) is 20.9 Å². The van der Waals surface area contributed by atoms with Crippen LogP contribution in [0.15, 0.2) is 35.0 Å². The van der Waals surface area contributed by atoms with E-state index >= 15 is 0 Å². The van der Waals surface area contributed by atoms with Gasteiger partial charge in [-0.15, -0.1) is 0 Å². The molecule has 1 fully saturated rings. The molecule has 1 saturated heterocycles. The number of hydrogen-bond acceptors (Lipinski definition) is 6. The van der Waals surface area contributed by atoms with Gasteiger partial charge in [-0.3, -0.25) is 4.79 Å². The molecule has 3 aromatic rings. The van der Waals surface area contributed by atoms with E-state index in [9.17, 15) is 4.79 Å². The molecule has 0 bridgehead atoms. The van der Waals surface area contributed by atoms with Crippen molar-refractivity contribution >= 4 is 17.5 Å². The quantitative estimate of drug-likeness (QED) is 0.723. The summed E-state index contributed by atoms with van der Waals surface area (Å²) in [4.78, 5) is 16.4. The fraction of sp³-hybridized carbons (Fsp3) is 0.333. The van der Waals surface area contributed by atoms with Crippen molar-refractivity contribution < 1.29 is 14.1 Å². The maximum absolute atomic E-state index is 12.2. The lowest BCUT2D eigenvalue weighted by Crippen LogP contribution is -2.31. The fourth-order valence-electron chi connectivity index (χ4n) is 2.95. The molecule has 1 unspecified atom stereocenters. The van der Waals surface area contributed by atoms with Crippen LogP contribution in [0, 0.1) is 6.92 Å². The first-order valence-corrected chi connectivity index (χ1v) is 9.04. The number of aryl methyl sites for hydroxylation is 1. The van der Waals surface area contributed by atoms with Gasteiger partial charge in [-0.05, 0) is 31.9 Å². The van der Waals surface area contributed by atoms with Crippen LogP contribution in [0.3, 0.4) is 0 Å². The zero-order valence-corrected chi connectivity index (χ0v) is 15.4. The number of carbonyl (C=O) groups is 1. The fourth-order valence-corrected chi connectivity index (χ4v) is 3.18. The van der Waals surface area contributed by atoms with Crippen molar-refractivity contribution in [1.82, 2.24) is 25.2 Å². The highest BCUT2D eigenvalue weighted by atomic mass is 35.5. The summed E-state index contributed by atoms with van der Waals surface area (Å²) in [7, 11) is 0. The van der Waals surface area contributed by atoms with Gasteiger partial charge < -0.3 is 14.6 Å². The number of benzene rings is 1. The summed E-state index contributed by atoms with van der Waals surface area (Å²) >= 11 is 6.23. The van der Waals surface area contributed by atoms with E-state index in [0.717, 1.165) is 25.1 Å². The lowest BCUT2D eigenvalue weighted by atomic mass is 10.2. The lowest BCUT2D eigenvalue weighted by Gasteiger charge is -2.08. The molecule has 1 aliphatic heterocycles. The molecule has 1 N–H and O–H groups in total. The summed E-state index contributed by atoms with van der Waals surface area (Å²) in [5.74, 6) is -0.207. The summed E-state index contributed by atoms with van der Waals surface area (Å²) in [5.41, 5.74) is 2.10. The number of rotatable bonds is 5. The average molecular weight is 388 g/mol. The lowest BCUT2D eigenvalue weighted by molar-refractivity contribution is 0.0822. The zero-order valence-electron chi connectivity index (χ0n) is 14.7. The summed E-state index contributed by atoms with van der Waals surface area (Å²) < 4.78 is 12.2. The van der Waals surface area contributed by atoms with Gasteiger partial charge in [0.2, 0.25) is 5.82 Å². The second-order valence-corrected chi connectivity index (χ2v) is 6.70. The molecule has 27 heavy (non-hydrogen) atoms. The number of nitrogens with one attached hydrogen (secondary N) is 1. The highest BCUT2D eigenvalue weighted by Gasteiger charge is 2.21. The van der Waals surface area contributed by atoms with Crippen LogP contribution in [0.1, 0.15) is 29.2 Å². The van der Waals surface area contributed by atoms with Gasteiger partial charge in [-0.1, -0.05) is 28.9 Å². The maximum Gasteiger partial charge on any atom is 0.316 e. The Balaban J connectivity index is 1.51. The Bertz CT molecular complexity index is 962. The molecular formula is C18H18ClN5O3. The minimum Gasteiger partial charge on any atom is -0.376 e. The molecular weight excluding hydrogens is 370 g/mol. The number of carbonyl (C=O) groups excluding carboxylic acids is 1. The molecule has 1 atom stereocenters. The largest absolute Gasteiger partial charge is 0.376 e. The highest BCUT2D eigenvalue weighted by molar-refractivity contribution is 6.32. The molecule has 8 nitrogen and oxygen atoms in total. The van der Waals surface area contributed by atoms with Gasteiger partial charge >= 0.3 is 11.8 Å². The second-order valence-electron chi connectivity index (χ2n) is 6.29. The van der Waals surface area contributed by atoms with Crippen molar-refractivity contribution in [3.05, 3.63) is 47.1 Å². The van der Waals surface area contributed by atoms with E-state index in [-0.39, 0.29) is 12.0 Å². The van der Waals surface area contributed by atoms with Crippen LogP contribution in [-0.2, 0) is 4.74 Å².